The number of aryl methyl sites for hydroxylation is 1. The molecule has 0 radical (unpaired) electrons. The summed E-state index contributed by atoms with van der Waals surface area (Å²) in [6.07, 6.45) is 2.95. The molecule has 3 saturated heterocycles. The molecular weight excluding hydrogens is 934 g/mol. The lowest BCUT2D eigenvalue weighted by molar-refractivity contribution is -0.138. The lowest BCUT2D eigenvalue weighted by Gasteiger charge is -2.36. The number of imide groups is 2. The second-order valence-electron chi connectivity index (χ2n) is 20.1. The number of benzene rings is 3. The van der Waals surface area contributed by atoms with Crippen LogP contribution in [0.4, 0.5) is 24.7 Å². The van der Waals surface area contributed by atoms with Gasteiger partial charge in [-0.25, -0.2) is 9.97 Å². The van der Waals surface area contributed by atoms with Gasteiger partial charge in [0.2, 0.25) is 17.7 Å². The Morgan fingerprint density at radius 3 is 2.24 bits per heavy atom. The Bertz CT molecular complexity index is 2780. The number of amides is 6. The van der Waals surface area contributed by atoms with Crippen LogP contribution in [0.1, 0.15) is 143 Å². The van der Waals surface area contributed by atoms with Gasteiger partial charge in [0.15, 0.2) is 0 Å². The third-order valence-corrected chi connectivity index (χ3v) is 15.4. The summed E-state index contributed by atoms with van der Waals surface area (Å²) in [4.78, 5) is 91.8. The molecule has 1 unspecified atom stereocenters. The number of aromatic nitrogens is 2. The normalized spacial score (nSPS) is 21.8. The molecule has 4 aliphatic heterocycles. The Morgan fingerprint density at radius 2 is 1.54 bits per heavy atom. The molecule has 72 heavy (non-hydrogen) atoms. The second kappa shape index (κ2) is 20.8. The fourth-order valence-electron chi connectivity index (χ4n) is 11.2. The number of hydrogen-bond acceptors (Lipinski definition) is 12. The highest BCUT2D eigenvalue weighted by Crippen LogP contribution is 2.43. The minimum Gasteiger partial charge on any atom is -0.496 e. The Kier molecular flexibility index (Phi) is 14.6. The van der Waals surface area contributed by atoms with Gasteiger partial charge < -0.3 is 30.3 Å². The van der Waals surface area contributed by atoms with Crippen molar-refractivity contribution in [1.82, 2.24) is 30.0 Å². The molecule has 1 saturated carbocycles. The first kappa shape index (κ1) is 50.3. The van der Waals surface area contributed by atoms with Gasteiger partial charge in [0.05, 0.1) is 35.4 Å². The van der Waals surface area contributed by atoms with Crippen LogP contribution in [0, 0.1) is 24.7 Å². The summed E-state index contributed by atoms with van der Waals surface area (Å²) in [5.74, 6) is 0.126. The summed E-state index contributed by atoms with van der Waals surface area (Å²) < 4.78 is 52.9. The maximum atomic E-state index is 13.8. The third-order valence-electron chi connectivity index (χ3n) is 15.4. The molecule has 5 heterocycles. The number of fused-ring (bicyclic) bond motifs is 2. The quantitative estimate of drug-likeness (QED) is 0.0673. The van der Waals surface area contributed by atoms with E-state index < -0.39 is 47.5 Å². The van der Waals surface area contributed by atoms with Crippen molar-refractivity contribution in [1.29, 1.82) is 0 Å². The number of halogens is 3. The molecule has 9 rings (SSSR count). The van der Waals surface area contributed by atoms with Crippen LogP contribution in [0.5, 0.6) is 5.75 Å². The molecule has 5 aliphatic rings. The van der Waals surface area contributed by atoms with E-state index in [4.69, 9.17) is 15.2 Å². The predicted molar refractivity (Wildman–Crippen MR) is 260 cm³/mol. The second-order valence-corrected chi connectivity index (χ2v) is 20.1. The number of methoxy groups -OCH3 is 1. The smallest absolute Gasteiger partial charge is 0.416 e. The van der Waals surface area contributed by atoms with Gasteiger partial charge >= 0.3 is 6.18 Å². The molecule has 4 aromatic rings. The van der Waals surface area contributed by atoms with Crippen molar-refractivity contribution in [3.8, 4) is 5.75 Å². The number of ether oxygens (including phenoxy) is 2. The highest BCUT2D eigenvalue weighted by molar-refractivity contribution is 6.24. The number of carbonyl (C=O) groups excluding carboxylic acids is 6. The van der Waals surface area contributed by atoms with Crippen LogP contribution in [0.25, 0.3) is 10.9 Å². The van der Waals surface area contributed by atoms with E-state index in [9.17, 15) is 41.9 Å². The molecule has 0 bridgehead atoms. The molecule has 1 aliphatic carbocycles. The minimum atomic E-state index is -4.54. The lowest BCUT2D eigenvalue weighted by atomic mass is 9.77. The number of nitrogens with zero attached hydrogens (tertiary/aromatic N) is 5. The SMILES string of the molecule is COc1cc2nc(C)nc(N[C@H](C)c3cc(N)cc(C(F)(F)F)c3)c2cc1C1CCC(C(=O)N2CCC(CCOCC3CCN(C(=O)c4ccc5c(c4)C(=O)N(C4CCC(=O)NC4=O)C5=O)CC3)CC2)CC1. The van der Waals surface area contributed by atoms with Crippen LogP contribution in [0.3, 0.4) is 0 Å². The van der Waals surface area contributed by atoms with Gasteiger partial charge in [0, 0.05) is 74.4 Å². The van der Waals surface area contributed by atoms with Crippen LogP contribution in [-0.2, 0) is 25.3 Å². The van der Waals surface area contributed by atoms with Crippen molar-refractivity contribution in [2.45, 2.75) is 109 Å². The van der Waals surface area contributed by atoms with Crippen LogP contribution in [0.2, 0.25) is 0 Å². The van der Waals surface area contributed by atoms with Crippen molar-refractivity contribution < 1.29 is 51.4 Å². The van der Waals surface area contributed by atoms with E-state index in [0.29, 0.717) is 72.2 Å². The van der Waals surface area contributed by atoms with Crippen molar-refractivity contribution in [2.24, 2.45) is 17.8 Å². The van der Waals surface area contributed by atoms with Crippen LogP contribution < -0.4 is 21.1 Å². The van der Waals surface area contributed by atoms with Crippen molar-refractivity contribution >= 4 is 57.9 Å². The van der Waals surface area contributed by atoms with Gasteiger partial charge in [-0.3, -0.25) is 39.0 Å². The average molecular weight is 995 g/mol. The maximum absolute atomic E-state index is 13.8. The van der Waals surface area contributed by atoms with Crippen molar-refractivity contribution in [3.63, 3.8) is 0 Å². The van der Waals surface area contributed by atoms with Crippen molar-refractivity contribution in [3.05, 3.63) is 87.7 Å². The highest BCUT2D eigenvalue weighted by Gasteiger charge is 2.45. The van der Waals surface area contributed by atoms with Crippen LogP contribution >= 0.6 is 0 Å². The topological polar surface area (TPSA) is 206 Å². The van der Waals surface area contributed by atoms with E-state index in [1.165, 1.54) is 18.2 Å². The molecular formula is C53H61F3N8O8. The Morgan fingerprint density at radius 1 is 0.847 bits per heavy atom. The van der Waals surface area contributed by atoms with Crippen LogP contribution in [0.15, 0.2) is 48.5 Å². The van der Waals surface area contributed by atoms with E-state index in [-0.39, 0.29) is 53.3 Å². The van der Waals surface area contributed by atoms with E-state index in [2.05, 4.69) is 20.6 Å². The first-order valence-electron chi connectivity index (χ1n) is 25.1. The number of alkyl halides is 3. The number of carbonyl (C=O) groups is 6. The number of piperidine rings is 3. The summed E-state index contributed by atoms with van der Waals surface area (Å²) in [7, 11) is 1.62. The van der Waals surface area contributed by atoms with Crippen LogP contribution in [-0.4, -0.2) is 113 Å². The van der Waals surface area contributed by atoms with Gasteiger partial charge in [-0.15, -0.1) is 0 Å². The molecule has 2 atom stereocenters. The number of likely N-dealkylation sites (tertiary alicyclic amines) is 2. The molecule has 4 fully saturated rings. The molecule has 4 N–H and O–H groups in total. The Balaban J connectivity index is 0.703. The number of nitrogen functional groups attached to an aromatic ring is 1. The number of rotatable bonds is 13. The van der Waals surface area contributed by atoms with Gasteiger partial charge in [0.1, 0.15) is 23.4 Å². The fourth-order valence-corrected chi connectivity index (χ4v) is 11.2. The van der Waals surface area contributed by atoms with E-state index >= 15 is 0 Å². The summed E-state index contributed by atoms with van der Waals surface area (Å²) in [6, 6.07) is 10.3. The van der Waals surface area contributed by atoms with Gasteiger partial charge in [-0.1, -0.05) is 0 Å². The molecule has 3 aromatic carbocycles. The molecule has 1 aromatic heterocycles. The summed E-state index contributed by atoms with van der Waals surface area (Å²) in [5, 5.41) is 6.23. The number of nitrogens with two attached hydrogens (primary N) is 1. The standard InChI is InChI=1S/C53H61F3N8O8/c1-29(36-22-37(53(54,55)56)25-38(57)23-36)58-47-42-26-40(45(71-3)27-43(42)59-30(2)60-47)33-4-6-34(7-5-33)49(67)62-17-12-31(13-18-62)16-21-72-28-32-14-19-63(20-15-32)50(68)35-8-9-39-41(24-35)52(70)64(51(39)69)44-10-11-46(65)61-48(44)66/h8-9,22-27,29,31-34,44H,4-7,10-21,28,57H2,1-3H3,(H,58,59,60)(H,61,65,66)/t29-,33?,34?,44?/m1/s1. The third kappa shape index (κ3) is 10.6. The summed E-state index contributed by atoms with van der Waals surface area (Å²) in [6.45, 7) is 7.27. The predicted octanol–water partition coefficient (Wildman–Crippen LogP) is 7.59. The van der Waals surface area contributed by atoms with Gasteiger partial charge in [-0.05, 0) is 149 Å². The van der Waals surface area contributed by atoms with E-state index in [1.54, 1.807) is 31.9 Å². The first-order chi connectivity index (χ1) is 34.4. The largest absolute Gasteiger partial charge is 0.496 e. The summed E-state index contributed by atoms with van der Waals surface area (Å²) >= 11 is 0. The van der Waals surface area contributed by atoms with E-state index in [0.717, 1.165) is 98.9 Å². The number of anilines is 2. The first-order valence-corrected chi connectivity index (χ1v) is 25.1. The zero-order valence-electron chi connectivity index (χ0n) is 40.8. The minimum absolute atomic E-state index is 0.0217. The lowest BCUT2D eigenvalue weighted by Crippen LogP contribution is -2.54. The van der Waals surface area contributed by atoms with E-state index in [1.807, 2.05) is 17.0 Å². The van der Waals surface area contributed by atoms with Gasteiger partial charge in [0.25, 0.3) is 17.7 Å². The molecule has 19 heteroatoms. The molecule has 6 amide bonds. The van der Waals surface area contributed by atoms with Crippen molar-refractivity contribution in [2.75, 3.05) is 57.6 Å². The Hall–Kier alpha value is -6.63. The zero-order valence-corrected chi connectivity index (χ0v) is 40.8. The highest BCUT2D eigenvalue weighted by atomic mass is 19.4. The molecule has 16 nitrogen and oxygen atoms in total. The monoisotopic (exact) mass is 994 g/mol. The Labute approximate surface area is 415 Å². The maximum Gasteiger partial charge on any atom is 0.416 e. The summed E-state index contributed by atoms with van der Waals surface area (Å²) in [5.41, 5.74) is 7.61. The number of hydrogen-bond donors (Lipinski definition) is 3. The fraction of sp³-hybridized carbons (Fsp3) is 0.509. The average Bonchev–Trinajstić information content (AvgIpc) is 3.61. The zero-order chi connectivity index (χ0) is 51.0. The molecule has 382 valence electrons. The van der Waals surface area contributed by atoms with Gasteiger partial charge in [-0.2, -0.15) is 13.2 Å². The number of nitrogens with one attached hydrogen (secondary N) is 2. The molecule has 0 spiro atoms.